The highest BCUT2D eigenvalue weighted by Gasteiger charge is 2.28. The van der Waals surface area contributed by atoms with Gasteiger partial charge in [-0.05, 0) is 39.5 Å². The number of likely N-dealkylation sites (tertiary alicyclic amines) is 1. The molecule has 5 nitrogen and oxygen atoms in total. The minimum absolute atomic E-state index is 0.133. The van der Waals surface area contributed by atoms with Gasteiger partial charge in [0.05, 0.1) is 5.75 Å². The molecule has 1 aromatic heterocycles. The number of nitrogens with zero attached hydrogens (tertiary/aromatic N) is 2. The first-order valence-electron chi connectivity index (χ1n) is 8.05. The fourth-order valence-electron chi connectivity index (χ4n) is 3.05. The van der Waals surface area contributed by atoms with Crippen LogP contribution in [0, 0.1) is 0 Å². The van der Waals surface area contributed by atoms with Gasteiger partial charge in [-0.2, -0.15) is 0 Å². The number of carbonyl (C=O) groups excluding carboxylic acids is 1. The van der Waals surface area contributed by atoms with Crippen LogP contribution < -0.4 is 5.56 Å². The first kappa shape index (κ1) is 17.1. The van der Waals surface area contributed by atoms with E-state index in [4.69, 9.17) is 0 Å². The number of amides is 1. The lowest BCUT2D eigenvalue weighted by molar-refractivity contribution is -0.134. The average molecular weight is 323 g/mol. The number of aromatic nitrogens is 2. The highest BCUT2D eigenvalue weighted by Crippen LogP contribution is 2.24. The number of rotatable bonds is 5. The van der Waals surface area contributed by atoms with Crippen molar-refractivity contribution in [1.29, 1.82) is 0 Å². The maximum Gasteiger partial charge on any atom is 0.251 e. The van der Waals surface area contributed by atoms with Crippen molar-refractivity contribution >= 4 is 17.7 Å². The molecule has 0 aliphatic carbocycles. The highest BCUT2D eigenvalue weighted by atomic mass is 32.2. The molecule has 22 heavy (non-hydrogen) atoms. The van der Waals surface area contributed by atoms with Crippen LogP contribution in [0.4, 0.5) is 0 Å². The maximum absolute atomic E-state index is 12.5. The fourth-order valence-corrected chi connectivity index (χ4v) is 3.82. The van der Waals surface area contributed by atoms with Gasteiger partial charge in [0.1, 0.15) is 0 Å². The molecule has 0 unspecified atom stereocenters. The van der Waals surface area contributed by atoms with Crippen molar-refractivity contribution in [2.45, 2.75) is 70.1 Å². The Hall–Kier alpha value is -1.30. The molecular formula is C16H25N3O2S. The maximum atomic E-state index is 12.5. The summed E-state index contributed by atoms with van der Waals surface area (Å²) in [5.74, 6) is 0.459. The summed E-state index contributed by atoms with van der Waals surface area (Å²) in [6.07, 6.45) is 5.06. The Morgan fingerprint density at radius 1 is 1.41 bits per heavy atom. The lowest BCUT2D eigenvalue weighted by Gasteiger charge is -2.39. The van der Waals surface area contributed by atoms with Crippen LogP contribution in [0.3, 0.4) is 0 Å². The Labute approximate surface area is 135 Å². The second kappa shape index (κ2) is 7.81. The molecule has 2 heterocycles. The third-order valence-corrected chi connectivity index (χ3v) is 4.95. The van der Waals surface area contributed by atoms with E-state index in [2.05, 4.69) is 30.7 Å². The molecular weight excluding hydrogens is 298 g/mol. The monoisotopic (exact) mass is 323 g/mol. The van der Waals surface area contributed by atoms with E-state index in [9.17, 15) is 9.59 Å². The summed E-state index contributed by atoms with van der Waals surface area (Å²) >= 11 is 1.32. The predicted molar refractivity (Wildman–Crippen MR) is 89.2 cm³/mol. The normalized spacial score (nSPS) is 21.9. The molecule has 2 rings (SSSR count). The zero-order valence-electron chi connectivity index (χ0n) is 13.6. The minimum atomic E-state index is -0.145. The molecule has 1 saturated heterocycles. The average Bonchev–Trinajstić information content (AvgIpc) is 2.45. The van der Waals surface area contributed by atoms with Crippen molar-refractivity contribution in [3.63, 3.8) is 0 Å². The van der Waals surface area contributed by atoms with Crippen molar-refractivity contribution < 1.29 is 4.79 Å². The molecule has 1 aromatic rings. The number of thioether (sulfide) groups is 1. The smallest absolute Gasteiger partial charge is 0.251 e. The van der Waals surface area contributed by atoms with Gasteiger partial charge in [0.2, 0.25) is 5.91 Å². The fraction of sp³-hybridized carbons (Fsp3) is 0.688. The lowest BCUT2D eigenvalue weighted by Crippen LogP contribution is -2.48. The van der Waals surface area contributed by atoms with Gasteiger partial charge in [0, 0.05) is 23.8 Å². The molecule has 2 atom stereocenters. The van der Waals surface area contributed by atoms with E-state index in [0.29, 0.717) is 23.0 Å². The molecule has 1 N–H and O–H groups in total. The van der Waals surface area contributed by atoms with E-state index in [-0.39, 0.29) is 11.5 Å². The van der Waals surface area contributed by atoms with Gasteiger partial charge in [0.15, 0.2) is 5.16 Å². The lowest BCUT2D eigenvalue weighted by atomic mass is 9.98. The number of hydrogen-bond acceptors (Lipinski definition) is 4. The van der Waals surface area contributed by atoms with Crippen LogP contribution >= 0.6 is 11.8 Å². The van der Waals surface area contributed by atoms with Gasteiger partial charge in [-0.1, -0.05) is 25.1 Å². The number of aryl methyl sites for hydroxylation is 1. The second-order valence-electron chi connectivity index (χ2n) is 6.01. The molecule has 1 amide bonds. The molecule has 6 heteroatoms. The number of nitrogens with one attached hydrogen (secondary N) is 1. The van der Waals surface area contributed by atoms with E-state index in [1.807, 2.05) is 4.90 Å². The third kappa shape index (κ3) is 4.35. The summed E-state index contributed by atoms with van der Waals surface area (Å²) in [5, 5.41) is 0.543. The van der Waals surface area contributed by atoms with Crippen LogP contribution in [0.25, 0.3) is 0 Å². The Bertz CT molecular complexity index is 563. The number of aromatic amines is 1. The number of piperidine rings is 1. The highest BCUT2D eigenvalue weighted by molar-refractivity contribution is 7.99. The predicted octanol–water partition coefficient (Wildman–Crippen LogP) is 2.60. The SMILES string of the molecule is CCCc1cc(=O)[nH]c(SCC(=O)N2[C@@H](C)CCC[C@@H]2C)n1. The van der Waals surface area contributed by atoms with Crippen LogP contribution in [-0.4, -0.2) is 38.6 Å². The number of H-pyrrole nitrogens is 1. The first-order chi connectivity index (χ1) is 10.5. The summed E-state index contributed by atoms with van der Waals surface area (Å²) < 4.78 is 0. The Kier molecular flexibility index (Phi) is 6.06. The Balaban J connectivity index is 2.00. The van der Waals surface area contributed by atoms with Crippen molar-refractivity contribution in [1.82, 2.24) is 14.9 Å². The molecule has 1 aliphatic rings. The molecule has 0 saturated carbocycles. The largest absolute Gasteiger partial charge is 0.337 e. The molecule has 1 fully saturated rings. The third-order valence-electron chi connectivity index (χ3n) is 4.09. The van der Waals surface area contributed by atoms with Crippen molar-refractivity contribution in [3.05, 3.63) is 22.1 Å². The summed E-state index contributed by atoms with van der Waals surface area (Å²) in [5.41, 5.74) is 0.647. The minimum Gasteiger partial charge on any atom is -0.337 e. The van der Waals surface area contributed by atoms with Gasteiger partial charge < -0.3 is 9.88 Å². The van der Waals surface area contributed by atoms with E-state index >= 15 is 0 Å². The summed E-state index contributed by atoms with van der Waals surface area (Å²) in [7, 11) is 0. The zero-order chi connectivity index (χ0) is 16.1. The first-order valence-corrected chi connectivity index (χ1v) is 9.04. The topological polar surface area (TPSA) is 66.1 Å². The van der Waals surface area contributed by atoms with E-state index in [0.717, 1.165) is 31.4 Å². The van der Waals surface area contributed by atoms with E-state index < -0.39 is 0 Å². The molecule has 0 spiro atoms. The molecule has 0 radical (unpaired) electrons. The standard InChI is InChI=1S/C16H25N3O2S/c1-4-6-13-9-14(20)18-16(17-13)22-10-15(21)19-11(2)7-5-8-12(19)3/h9,11-12H,4-8,10H2,1-3H3,(H,17,18,20)/t11-,12-/m0/s1. The van der Waals surface area contributed by atoms with Crippen molar-refractivity contribution in [2.24, 2.45) is 0 Å². The van der Waals surface area contributed by atoms with Gasteiger partial charge in [-0.3, -0.25) is 9.59 Å². The quantitative estimate of drug-likeness (QED) is 0.668. The molecule has 0 bridgehead atoms. The number of hydrogen-bond donors (Lipinski definition) is 1. The van der Waals surface area contributed by atoms with Crippen molar-refractivity contribution in [3.8, 4) is 0 Å². The van der Waals surface area contributed by atoms with Gasteiger partial charge in [-0.25, -0.2) is 4.98 Å². The van der Waals surface area contributed by atoms with Crippen LogP contribution in [0.1, 0.15) is 52.1 Å². The van der Waals surface area contributed by atoms with Crippen molar-refractivity contribution in [2.75, 3.05) is 5.75 Å². The summed E-state index contributed by atoms with van der Waals surface area (Å²) in [6, 6.07) is 2.13. The van der Waals surface area contributed by atoms with Crippen LogP contribution in [0.2, 0.25) is 0 Å². The zero-order valence-corrected chi connectivity index (χ0v) is 14.4. The van der Waals surface area contributed by atoms with Crippen LogP contribution in [-0.2, 0) is 11.2 Å². The summed E-state index contributed by atoms with van der Waals surface area (Å²) in [6.45, 7) is 6.28. The Morgan fingerprint density at radius 3 is 2.73 bits per heavy atom. The number of carbonyl (C=O) groups is 1. The van der Waals surface area contributed by atoms with Gasteiger partial charge >= 0.3 is 0 Å². The second-order valence-corrected chi connectivity index (χ2v) is 6.97. The molecule has 1 aliphatic heterocycles. The summed E-state index contributed by atoms with van der Waals surface area (Å²) in [4.78, 5) is 33.2. The molecule has 122 valence electrons. The van der Waals surface area contributed by atoms with E-state index in [1.54, 1.807) is 0 Å². The van der Waals surface area contributed by atoms with Crippen LogP contribution in [0.5, 0.6) is 0 Å². The van der Waals surface area contributed by atoms with Gasteiger partial charge in [0.25, 0.3) is 5.56 Å². The van der Waals surface area contributed by atoms with Gasteiger partial charge in [-0.15, -0.1) is 0 Å². The van der Waals surface area contributed by atoms with E-state index in [1.165, 1.54) is 24.2 Å². The van der Waals surface area contributed by atoms with Crippen LogP contribution in [0.15, 0.2) is 16.0 Å². The Morgan fingerprint density at radius 2 is 2.09 bits per heavy atom. The molecule has 0 aromatic carbocycles.